The van der Waals surface area contributed by atoms with Crippen molar-refractivity contribution in [1.82, 2.24) is 9.88 Å². The van der Waals surface area contributed by atoms with E-state index in [0.29, 0.717) is 18.8 Å². The average molecular weight is 435 g/mol. The molecule has 1 N–H and O–H groups in total. The first-order valence-electron chi connectivity index (χ1n) is 11.3. The Morgan fingerprint density at radius 1 is 1.09 bits per heavy atom. The van der Waals surface area contributed by atoms with Crippen molar-refractivity contribution in [3.05, 3.63) is 59.3 Å². The molecule has 4 rings (SSSR count). The molecule has 1 atom stereocenters. The number of hydrogen-bond donors (Lipinski definition) is 1. The van der Waals surface area contributed by atoms with E-state index in [-0.39, 0.29) is 24.3 Å². The van der Waals surface area contributed by atoms with Gasteiger partial charge in [-0.1, -0.05) is 38.1 Å². The van der Waals surface area contributed by atoms with Crippen LogP contribution in [0.1, 0.15) is 61.1 Å². The maximum atomic E-state index is 13.0. The lowest BCUT2D eigenvalue weighted by atomic mass is 10.0. The highest BCUT2D eigenvalue weighted by molar-refractivity contribution is 6.07. The Kier molecular flexibility index (Phi) is 6.49. The zero-order valence-corrected chi connectivity index (χ0v) is 18.9. The Balaban J connectivity index is 1.57. The number of fused-ring (bicyclic) bond motifs is 2. The molecule has 1 aromatic heterocycles. The summed E-state index contributed by atoms with van der Waals surface area (Å²) in [5.41, 5.74) is 3.72. The second-order valence-electron chi connectivity index (χ2n) is 8.18. The zero-order chi connectivity index (χ0) is 22.7. The molecule has 0 spiro atoms. The lowest BCUT2D eigenvalue weighted by Gasteiger charge is -2.19. The first-order valence-corrected chi connectivity index (χ1v) is 11.3. The maximum Gasteiger partial charge on any atom is 0.240 e. The van der Waals surface area contributed by atoms with E-state index < -0.39 is 0 Å². The Hall–Kier alpha value is -3.28. The number of nitrogens with one attached hydrogen (secondary N) is 1. The number of amides is 1. The number of nitrogens with zero attached hydrogens (tertiary/aromatic N) is 1. The summed E-state index contributed by atoms with van der Waals surface area (Å²) >= 11 is 0. The van der Waals surface area contributed by atoms with Crippen molar-refractivity contribution in [3.63, 3.8) is 0 Å². The smallest absolute Gasteiger partial charge is 0.240 e. The first kappa shape index (κ1) is 21.9. The quantitative estimate of drug-likeness (QED) is 0.541. The van der Waals surface area contributed by atoms with Gasteiger partial charge in [0.25, 0.3) is 0 Å². The summed E-state index contributed by atoms with van der Waals surface area (Å²) in [7, 11) is 0. The monoisotopic (exact) mass is 434 g/mol. The Morgan fingerprint density at radius 3 is 2.59 bits per heavy atom. The number of benzene rings is 2. The number of aromatic nitrogens is 1. The molecule has 32 heavy (non-hydrogen) atoms. The molecule has 1 aliphatic heterocycles. The summed E-state index contributed by atoms with van der Waals surface area (Å²) in [5.74, 6) is 1.38. The largest absolute Gasteiger partial charge is 0.490 e. The van der Waals surface area contributed by atoms with Crippen molar-refractivity contribution in [3.8, 4) is 11.5 Å². The third-order valence-corrected chi connectivity index (χ3v) is 5.97. The molecule has 0 saturated carbocycles. The molecule has 0 unspecified atom stereocenters. The van der Waals surface area contributed by atoms with E-state index >= 15 is 0 Å². The molecule has 0 radical (unpaired) electrons. The van der Waals surface area contributed by atoms with Crippen LogP contribution in [0.25, 0.3) is 10.9 Å². The number of rotatable bonds is 7. The highest BCUT2D eigenvalue weighted by Crippen LogP contribution is 2.33. The minimum Gasteiger partial charge on any atom is -0.490 e. The van der Waals surface area contributed by atoms with Crippen molar-refractivity contribution in [1.29, 1.82) is 0 Å². The topological polar surface area (TPSA) is 69.6 Å². The van der Waals surface area contributed by atoms with E-state index in [1.807, 2.05) is 47.9 Å². The van der Waals surface area contributed by atoms with Gasteiger partial charge in [-0.25, -0.2) is 0 Å². The summed E-state index contributed by atoms with van der Waals surface area (Å²) in [6.07, 6.45) is 4.23. The van der Waals surface area contributed by atoms with Crippen molar-refractivity contribution >= 4 is 22.6 Å². The Bertz CT molecular complexity index is 1150. The summed E-state index contributed by atoms with van der Waals surface area (Å²) < 4.78 is 13.4. The van der Waals surface area contributed by atoms with Crippen LogP contribution in [0.4, 0.5) is 0 Å². The van der Waals surface area contributed by atoms with Gasteiger partial charge in [0.2, 0.25) is 5.91 Å². The zero-order valence-electron chi connectivity index (χ0n) is 18.9. The highest BCUT2D eigenvalue weighted by Gasteiger charge is 2.20. The molecule has 1 amide bonds. The molecule has 6 heteroatoms. The fraction of sp³-hybridized carbons (Fsp3) is 0.385. The van der Waals surface area contributed by atoms with Gasteiger partial charge in [-0.3, -0.25) is 9.59 Å². The van der Waals surface area contributed by atoms with Gasteiger partial charge in [-0.2, -0.15) is 0 Å². The molecule has 0 aliphatic carbocycles. The predicted octanol–water partition coefficient (Wildman–Crippen LogP) is 4.84. The molecule has 0 saturated heterocycles. The number of Topliss-reactive ketones (excluding diaryl/α,β-unsaturated/α-hetero) is 1. The van der Waals surface area contributed by atoms with Crippen molar-refractivity contribution in [2.24, 2.45) is 0 Å². The van der Waals surface area contributed by atoms with Gasteiger partial charge in [0.1, 0.15) is 6.54 Å². The molecular formula is C26H30N2O4. The minimum absolute atomic E-state index is 0.000965. The Morgan fingerprint density at radius 2 is 1.88 bits per heavy atom. The fourth-order valence-corrected chi connectivity index (χ4v) is 4.34. The van der Waals surface area contributed by atoms with Crippen LogP contribution < -0.4 is 14.8 Å². The third-order valence-electron chi connectivity index (χ3n) is 5.97. The number of aryl methyl sites for hydroxylation is 1. The number of ketones is 1. The van der Waals surface area contributed by atoms with Crippen LogP contribution >= 0.6 is 0 Å². The molecule has 6 nitrogen and oxygen atoms in total. The predicted molar refractivity (Wildman–Crippen MR) is 125 cm³/mol. The average Bonchev–Trinajstić information content (AvgIpc) is 3.00. The molecule has 1 aliphatic rings. The van der Waals surface area contributed by atoms with Gasteiger partial charge in [0, 0.05) is 23.6 Å². The van der Waals surface area contributed by atoms with Crippen LogP contribution in [0.15, 0.2) is 42.6 Å². The van der Waals surface area contributed by atoms with E-state index in [0.717, 1.165) is 52.8 Å². The summed E-state index contributed by atoms with van der Waals surface area (Å²) in [4.78, 5) is 25.2. The van der Waals surface area contributed by atoms with Crippen LogP contribution in [0, 0.1) is 0 Å². The van der Waals surface area contributed by atoms with Crippen molar-refractivity contribution < 1.29 is 19.1 Å². The van der Waals surface area contributed by atoms with E-state index in [1.54, 1.807) is 13.1 Å². The first-order chi connectivity index (χ1) is 15.5. The van der Waals surface area contributed by atoms with Gasteiger partial charge in [-0.15, -0.1) is 0 Å². The minimum atomic E-state index is -0.139. The highest BCUT2D eigenvalue weighted by atomic mass is 16.5. The number of para-hydroxylation sites is 1. The number of hydrogen-bond acceptors (Lipinski definition) is 4. The lowest BCUT2D eigenvalue weighted by Crippen LogP contribution is -2.31. The van der Waals surface area contributed by atoms with Gasteiger partial charge in [0.15, 0.2) is 17.3 Å². The standard InChI is InChI=1S/C26H30N2O4/c1-4-18-8-6-9-20-21(17(3)29)15-28(26(18)20)16-25(30)27-22(5-2)19-10-11-23-24(14-19)32-13-7-12-31-23/h6,8-11,14-15,22H,4-5,7,12-13,16H2,1-3H3,(H,27,30)/t22-/m1/s1. The summed E-state index contributed by atoms with van der Waals surface area (Å²) in [6.45, 7) is 7.11. The van der Waals surface area contributed by atoms with Crippen LogP contribution in [0.5, 0.6) is 11.5 Å². The molecule has 168 valence electrons. The fourth-order valence-electron chi connectivity index (χ4n) is 4.34. The molecule has 0 fully saturated rings. The molecular weight excluding hydrogens is 404 g/mol. The van der Waals surface area contributed by atoms with Crippen molar-refractivity contribution in [2.75, 3.05) is 13.2 Å². The van der Waals surface area contributed by atoms with Gasteiger partial charge in [0.05, 0.1) is 24.8 Å². The van der Waals surface area contributed by atoms with Crippen molar-refractivity contribution in [2.45, 2.75) is 52.6 Å². The van der Waals surface area contributed by atoms with E-state index in [1.165, 1.54) is 0 Å². The SMILES string of the molecule is CCc1cccc2c(C(C)=O)cn(CC(=O)N[C@H](CC)c3ccc4c(c3)OCCCO4)c12. The van der Waals surface area contributed by atoms with E-state index in [2.05, 4.69) is 12.2 Å². The van der Waals surface area contributed by atoms with Gasteiger partial charge >= 0.3 is 0 Å². The van der Waals surface area contributed by atoms with Crippen LogP contribution in [-0.2, 0) is 17.8 Å². The second kappa shape index (κ2) is 9.47. The number of carbonyl (C=O) groups is 2. The summed E-state index contributed by atoms with van der Waals surface area (Å²) in [6, 6.07) is 11.7. The number of carbonyl (C=O) groups excluding carboxylic acids is 2. The Labute approximate surface area is 188 Å². The third kappa shape index (κ3) is 4.35. The maximum absolute atomic E-state index is 13.0. The van der Waals surface area contributed by atoms with E-state index in [9.17, 15) is 9.59 Å². The van der Waals surface area contributed by atoms with Crippen LogP contribution in [0.3, 0.4) is 0 Å². The lowest BCUT2D eigenvalue weighted by molar-refractivity contribution is -0.122. The van der Waals surface area contributed by atoms with Crippen LogP contribution in [-0.4, -0.2) is 29.5 Å². The molecule has 0 bridgehead atoms. The molecule has 2 aromatic carbocycles. The summed E-state index contributed by atoms with van der Waals surface area (Å²) in [5, 5.41) is 4.06. The molecule has 2 heterocycles. The number of ether oxygens (including phenoxy) is 2. The van der Waals surface area contributed by atoms with Crippen LogP contribution in [0.2, 0.25) is 0 Å². The second-order valence-corrected chi connectivity index (χ2v) is 8.18. The normalized spacial score (nSPS) is 14.1. The van der Waals surface area contributed by atoms with E-state index in [4.69, 9.17) is 9.47 Å². The van der Waals surface area contributed by atoms with Gasteiger partial charge < -0.3 is 19.4 Å². The van der Waals surface area contributed by atoms with Gasteiger partial charge in [-0.05, 0) is 43.0 Å². The molecule has 3 aromatic rings.